The van der Waals surface area contributed by atoms with E-state index in [-0.39, 0.29) is 17.7 Å². The van der Waals surface area contributed by atoms with Crippen molar-refractivity contribution < 1.29 is 14.0 Å². The number of benzene rings is 2. The molecular weight excluding hydrogens is 331 g/mol. The Morgan fingerprint density at radius 1 is 1.04 bits per heavy atom. The quantitative estimate of drug-likeness (QED) is 0.917. The normalized spacial score (nSPS) is 14.7. The fourth-order valence-corrected chi connectivity index (χ4v) is 3.22. The summed E-state index contributed by atoms with van der Waals surface area (Å²) in [6.45, 7) is 5.02. The van der Waals surface area contributed by atoms with Gasteiger partial charge in [0.15, 0.2) is 0 Å². The van der Waals surface area contributed by atoms with Crippen molar-refractivity contribution in [2.75, 3.05) is 6.54 Å². The fourth-order valence-electron chi connectivity index (χ4n) is 3.22. The van der Waals surface area contributed by atoms with Gasteiger partial charge in [0, 0.05) is 18.7 Å². The summed E-state index contributed by atoms with van der Waals surface area (Å²) in [5.41, 5.74) is 2.77. The molecule has 1 aliphatic heterocycles. The van der Waals surface area contributed by atoms with Gasteiger partial charge in [0.2, 0.25) is 5.91 Å². The number of nitrogens with zero attached hydrogens (tertiary/aromatic N) is 1. The first-order valence-electron chi connectivity index (χ1n) is 8.87. The van der Waals surface area contributed by atoms with E-state index < -0.39 is 11.9 Å². The maximum absolute atomic E-state index is 13.0. The molecule has 5 heteroatoms. The van der Waals surface area contributed by atoms with Crippen LogP contribution in [0.1, 0.15) is 35.3 Å². The van der Waals surface area contributed by atoms with Crippen LogP contribution < -0.4 is 5.32 Å². The molecule has 1 heterocycles. The summed E-state index contributed by atoms with van der Waals surface area (Å²) in [6, 6.07) is 12.8. The highest BCUT2D eigenvalue weighted by Gasteiger charge is 2.30. The van der Waals surface area contributed by atoms with Crippen LogP contribution in [0.2, 0.25) is 0 Å². The highest BCUT2D eigenvalue weighted by Crippen LogP contribution is 2.20. The number of halogens is 1. The van der Waals surface area contributed by atoms with Gasteiger partial charge in [-0.1, -0.05) is 38.1 Å². The summed E-state index contributed by atoms with van der Waals surface area (Å²) in [5.74, 6) is -0.895. The number of fused-ring (bicyclic) bond motifs is 1. The zero-order valence-electron chi connectivity index (χ0n) is 15.0. The zero-order chi connectivity index (χ0) is 18.7. The van der Waals surface area contributed by atoms with Crippen LogP contribution in [-0.2, 0) is 17.8 Å². The number of carbonyl (C=O) groups is 2. The molecule has 3 rings (SSSR count). The van der Waals surface area contributed by atoms with Crippen molar-refractivity contribution in [3.63, 3.8) is 0 Å². The van der Waals surface area contributed by atoms with E-state index in [1.807, 2.05) is 32.0 Å². The Morgan fingerprint density at radius 3 is 2.35 bits per heavy atom. The van der Waals surface area contributed by atoms with Gasteiger partial charge in [0.1, 0.15) is 11.9 Å². The largest absolute Gasteiger partial charge is 0.340 e. The molecule has 0 saturated carbocycles. The second kappa shape index (κ2) is 7.68. The van der Waals surface area contributed by atoms with Gasteiger partial charge < -0.3 is 10.2 Å². The number of nitrogens with one attached hydrogen (secondary N) is 1. The molecular formula is C21H23FN2O2. The number of amides is 2. The maximum Gasteiger partial charge on any atom is 0.251 e. The van der Waals surface area contributed by atoms with Crippen molar-refractivity contribution in [2.24, 2.45) is 5.92 Å². The zero-order valence-corrected chi connectivity index (χ0v) is 15.0. The Bertz CT molecular complexity index is 802. The number of hydrogen-bond donors (Lipinski definition) is 1. The minimum atomic E-state index is -0.613. The molecule has 0 aliphatic carbocycles. The van der Waals surface area contributed by atoms with Crippen molar-refractivity contribution in [3.8, 4) is 0 Å². The minimum Gasteiger partial charge on any atom is -0.340 e. The summed E-state index contributed by atoms with van der Waals surface area (Å²) in [4.78, 5) is 27.3. The third-order valence-corrected chi connectivity index (χ3v) is 4.77. The van der Waals surface area contributed by atoms with E-state index in [0.29, 0.717) is 18.7 Å². The molecule has 0 bridgehead atoms. The van der Waals surface area contributed by atoms with E-state index in [1.54, 1.807) is 4.90 Å². The van der Waals surface area contributed by atoms with E-state index in [9.17, 15) is 14.0 Å². The third-order valence-electron chi connectivity index (χ3n) is 4.77. The Morgan fingerprint density at radius 2 is 1.69 bits per heavy atom. The predicted octanol–water partition coefficient (Wildman–Crippen LogP) is 3.17. The molecule has 2 aromatic carbocycles. The van der Waals surface area contributed by atoms with E-state index >= 15 is 0 Å². The monoisotopic (exact) mass is 354 g/mol. The molecule has 1 N–H and O–H groups in total. The highest BCUT2D eigenvalue weighted by molar-refractivity contribution is 5.97. The average Bonchev–Trinajstić information content (AvgIpc) is 2.65. The number of rotatable bonds is 4. The molecule has 0 aromatic heterocycles. The summed E-state index contributed by atoms with van der Waals surface area (Å²) < 4.78 is 13.0. The van der Waals surface area contributed by atoms with Crippen LogP contribution in [-0.4, -0.2) is 29.3 Å². The molecule has 0 saturated heterocycles. The topological polar surface area (TPSA) is 49.4 Å². The number of hydrogen-bond acceptors (Lipinski definition) is 2. The molecule has 1 atom stereocenters. The van der Waals surface area contributed by atoms with Gasteiger partial charge in [-0.2, -0.15) is 0 Å². The first-order valence-corrected chi connectivity index (χ1v) is 8.87. The molecule has 136 valence electrons. The lowest BCUT2D eigenvalue weighted by molar-refractivity contribution is -0.135. The number of carbonyl (C=O) groups excluding carboxylic acids is 2. The first-order chi connectivity index (χ1) is 12.5. The molecule has 0 radical (unpaired) electrons. The van der Waals surface area contributed by atoms with E-state index in [2.05, 4.69) is 11.4 Å². The second-order valence-corrected chi connectivity index (χ2v) is 6.98. The Labute approximate surface area is 153 Å². The summed E-state index contributed by atoms with van der Waals surface area (Å²) in [6.07, 6.45) is 0.818. The van der Waals surface area contributed by atoms with Gasteiger partial charge in [-0.05, 0) is 47.7 Å². The standard InChI is InChI=1S/C21H23FN2O2/c1-14(2)19(23-20(25)16-7-9-18(22)10-8-16)21(26)24-12-11-15-5-3-4-6-17(15)13-24/h3-10,14,19H,11-13H2,1-2H3,(H,23,25)/t19-/m1/s1. The van der Waals surface area contributed by atoms with E-state index in [1.165, 1.54) is 29.8 Å². The molecule has 1 aliphatic rings. The second-order valence-electron chi connectivity index (χ2n) is 6.98. The highest BCUT2D eigenvalue weighted by atomic mass is 19.1. The minimum absolute atomic E-state index is 0.0518. The van der Waals surface area contributed by atoms with Gasteiger partial charge in [-0.15, -0.1) is 0 Å². The molecule has 2 amide bonds. The van der Waals surface area contributed by atoms with Crippen LogP contribution in [0.4, 0.5) is 4.39 Å². The first kappa shape index (κ1) is 18.1. The lowest BCUT2D eigenvalue weighted by Gasteiger charge is -2.33. The summed E-state index contributed by atoms with van der Waals surface area (Å²) in [7, 11) is 0. The SMILES string of the molecule is CC(C)[C@@H](NC(=O)c1ccc(F)cc1)C(=O)N1CCc2ccccc2C1. The van der Waals surface area contributed by atoms with Crippen LogP contribution in [0, 0.1) is 11.7 Å². The van der Waals surface area contributed by atoms with Crippen LogP contribution in [0.25, 0.3) is 0 Å². The lowest BCUT2D eigenvalue weighted by Crippen LogP contribution is -2.52. The smallest absolute Gasteiger partial charge is 0.251 e. The van der Waals surface area contributed by atoms with Crippen LogP contribution in [0.15, 0.2) is 48.5 Å². The van der Waals surface area contributed by atoms with Gasteiger partial charge >= 0.3 is 0 Å². The van der Waals surface area contributed by atoms with E-state index in [0.717, 1.165) is 12.0 Å². The molecule has 2 aromatic rings. The van der Waals surface area contributed by atoms with Crippen molar-refractivity contribution in [3.05, 3.63) is 71.0 Å². The van der Waals surface area contributed by atoms with Crippen LogP contribution in [0.5, 0.6) is 0 Å². The molecule has 0 unspecified atom stereocenters. The molecule has 26 heavy (non-hydrogen) atoms. The van der Waals surface area contributed by atoms with Crippen LogP contribution in [0.3, 0.4) is 0 Å². The maximum atomic E-state index is 13.0. The Kier molecular flexibility index (Phi) is 5.35. The Hall–Kier alpha value is -2.69. The van der Waals surface area contributed by atoms with Crippen molar-refractivity contribution in [1.29, 1.82) is 0 Å². The average molecular weight is 354 g/mol. The van der Waals surface area contributed by atoms with Crippen LogP contribution >= 0.6 is 0 Å². The van der Waals surface area contributed by atoms with Gasteiger partial charge in [0.25, 0.3) is 5.91 Å². The third kappa shape index (κ3) is 3.93. The van der Waals surface area contributed by atoms with Gasteiger partial charge in [-0.3, -0.25) is 9.59 Å². The summed E-state index contributed by atoms with van der Waals surface area (Å²) in [5, 5.41) is 2.82. The molecule has 0 spiro atoms. The molecule has 0 fully saturated rings. The van der Waals surface area contributed by atoms with Crippen molar-refractivity contribution in [2.45, 2.75) is 32.9 Å². The fraction of sp³-hybridized carbons (Fsp3) is 0.333. The van der Waals surface area contributed by atoms with Gasteiger partial charge in [-0.25, -0.2) is 4.39 Å². The van der Waals surface area contributed by atoms with Gasteiger partial charge in [0.05, 0.1) is 0 Å². The predicted molar refractivity (Wildman–Crippen MR) is 98.1 cm³/mol. The van der Waals surface area contributed by atoms with Crippen molar-refractivity contribution >= 4 is 11.8 Å². The lowest BCUT2D eigenvalue weighted by atomic mass is 9.97. The Balaban J connectivity index is 1.72. The summed E-state index contributed by atoms with van der Waals surface area (Å²) >= 11 is 0. The van der Waals surface area contributed by atoms with Crippen molar-refractivity contribution in [1.82, 2.24) is 10.2 Å². The van der Waals surface area contributed by atoms with E-state index in [4.69, 9.17) is 0 Å². The molecule has 4 nitrogen and oxygen atoms in total.